The minimum atomic E-state index is -3.66. The third-order valence-electron chi connectivity index (χ3n) is 8.96. The van der Waals surface area contributed by atoms with Crippen molar-refractivity contribution in [2.75, 3.05) is 44.3 Å². The van der Waals surface area contributed by atoms with Gasteiger partial charge in [0.1, 0.15) is 5.82 Å². The molecule has 0 amide bonds. The Morgan fingerprint density at radius 3 is 2.42 bits per heavy atom. The molecule has 1 aromatic heterocycles. The summed E-state index contributed by atoms with van der Waals surface area (Å²) >= 11 is 0. The summed E-state index contributed by atoms with van der Waals surface area (Å²) < 4.78 is 51.1. The van der Waals surface area contributed by atoms with Crippen LogP contribution in [-0.4, -0.2) is 61.9 Å². The Labute approximate surface area is 235 Å². The zero-order valence-corrected chi connectivity index (χ0v) is 23.5. The van der Waals surface area contributed by atoms with E-state index in [0.29, 0.717) is 43.4 Å². The van der Waals surface area contributed by atoms with Gasteiger partial charge in [-0.3, -0.25) is 0 Å². The Balaban J connectivity index is 1.18. The number of sulfonamides is 1. The van der Waals surface area contributed by atoms with Crippen molar-refractivity contribution in [1.82, 2.24) is 14.1 Å². The van der Waals surface area contributed by atoms with E-state index < -0.39 is 15.4 Å². The molecule has 3 heterocycles. The lowest BCUT2D eigenvalue weighted by atomic mass is 9.69. The minimum Gasteiger partial charge on any atom is -0.380 e. The molecule has 4 aliphatic rings. The molecule has 7 nitrogen and oxygen atoms in total. The van der Waals surface area contributed by atoms with E-state index in [1.807, 2.05) is 23.0 Å². The van der Waals surface area contributed by atoms with E-state index in [2.05, 4.69) is 16.1 Å². The Bertz CT molecular complexity index is 1520. The van der Waals surface area contributed by atoms with Crippen LogP contribution in [0, 0.1) is 17.2 Å². The monoisotopic (exact) mass is 562 g/mol. The van der Waals surface area contributed by atoms with Gasteiger partial charge < -0.3 is 9.64 Å². The van der Waals surface area contributed by atoms with Crippen LogP contribution < -0.4 is 4.90 Å². The fourth-order valence-electron chi connectivity index (χ4n) is 6.48. The van der Waals surface area contributed by atoms with Gasteiger partial charge in [-0.1, -0.05) is 5.57 Å². The van der Waals surface area contributed by atoms with Crippen LogP contribution in [0.25, 0.3) is 11.8 Å². The highest BCUT2D eigenvalue weighted by molar-refractivity contribution is 7.89. The Morgan fingerprint density at radius 2 is 1.70 bits per heavy atom. The van der Waals surface area contributed by atoms with Gasteiger partial charge in [0.25, 0.3) is 0 Å². The third kappa shape index (κ3) is 4.78. The number of rotatable bonds is 8. The number of anilines is 1. The van der Waals surface area contributed by atoms with E-state index in [-0.39, 0.29) is 5.82 Å². The molecule has 0 bridgehead atoms. The van der Waals surface area contributed by atoms with Crippen LogP contribution in [0.3, 0.4) is 0 Å². The number of hydrogen-bond donors (Lipinski definition) is 0. The van der Waals surface area contributed by atoms with Crippen LogP contribution in [0.5, 0.6) is 0 Å². The maximum absolute atomic E-state index is 13.9. The first kappa shape index (κ1) is 25.9. The number of piperidine rings is 1. The number of hydrogen-bond acceptors (Lipinski definition) is 5. The van der Waals surface area contributed by atoms with E-state index in [1.54, 1.807) is 28.6 Å². The van der Waals surface area contributed by atoms with Crippen LogP contribution in [0.2, 0.25) is 0 Å². The molecular weight excluding hydrogens is 527 g/mol. The number of aromatic nitrogens is 2. The first-order valence-corrected chi connectivity index (χ1v) is 15.8. The largest absolute Gasteiger partial charge is 0.380 e. The molecule has 0 unspecified atom stereocenters. The van der Waals surface area contributed by atoms with Gasteiger partial charge in [-0.25, -0.2) is 17.5 Å². The molecule has 1 atom stereocenters. The number of halogens is 1. The van der Waals surface area contributed by atoms with E-state index in [9.17, 15) is 12.8 Å². The van der Waals surface area contributed by atoms with Crippen molar-refractivity contribution in [3.63, 3.8) is 0 Å². The van der Waals surface area contributed by atoms with Crippen molar-refractivity contribution in [3.05, 3.63) is 77.4 Å². The van der Waals surface area contributed by atoms with Crippen LogP contribution in [0.1, 0.15) is 43.4 Å². The van der Waals surface area contributed by atoms with Gasteiger partial charge in [0, 0.05) is 43.9 Å². The smallest absolute Gasteiger partial charge is 0.243 e. The summed E-state index contributed by atoms with van der Waals surface area (Å²) in [5, 5.41) is 4.63. The van der Waals surface area contributed by atoms with Crippen LogP contribution >= 0.6 is 0 Å². The second kappa shape index (κ2) is 10.1. The molecule has 0 radical (unpaired) electrons. The predicted octanol–water partition coefficient (Wildman–Crippen LogP) is 5.06. The maximum atomic E-state index is 13.9. The summed E-state index contributed by atoms with van der Waals surface area (Å²) in [5.74, 6) is 0.343. The van der Waals surface area contributed by atoms with Gasteiger partial charge in [-0.2, -0.15) is 9.40 Å². The second-order valence-electron chi connectivity index (χ2n) is 11.8. The summed E-state index contributed by atoms with van der Waals surface area (Å²) in [7, 11) is -3.66. The van der Waals surface area contributed by atoms with Crippen LogP contribution in [0.4, 0.5) is 10.1 Å². The van der Waals surface area contributed by atoms with Crippen molar-refractivity contribution in [3.8, 4) is 5.69 Å². The van der Waals surface area contributed by atoms with Gasteiger partial charge in [0.2, 0.25) is 10.0 Å². The molecule has 2 aliphatic carbocycles. The summed E-state index contributed by atoms with van der Waals surface area (Å²) in [6, 6.07) is 13.7. The molecule has 3 fully saturated rings. The van der Waals surface area contributed by atoms with Gasteiger partial charge in [0.15, 0.2) is 0 Å². The topological polar surface area (TPSA) is 67.7 Å². The molecule has 9 heteroatoms. The average Bonchev–Trinajstić information content (AvgIpc) is 3.45. The minimum absolute atomic E-state index is 0.283. The SMILES string of the molecule is O=S(=O)(c1ccc(N2CCCC2)cc1)N1CCC2=Cc3c(cnn3-c3ccc(F)cc3)C[C@]2(COCC2CC2)C1. The zero-order chi connectivity index (χ0) is 27.3. The molecule has 3 aromatic rings. The number of ether oxygens (including phenoxy) is 1. The molecule has 40 heavy (non-hydrogen) atoms. The fourth-order valence-corrected chi connectivity index (χ4v) is 8.00. The molecule has 2 saturated heterocycles. The quantitative estimate of drug-likeness (QED) is 0.384. The normalized spacial score (nSPS) is 23.1. The van der Waals surface area contributed by atoms with Gasteiger partial charge in [0.05, 0.1) is 29.1 Å². The number of nitrogens with zero attached hydrogens (tertiary/aromatic N) is 4. The molecule has 2 aliphatic heterocycles. The standard InChI is InChI=1S/C31H35FN4O3S/c32-26-5-7-28(8-6-26)36-30-17-25-13-16-35(21-31(25,18-24(30)19-33-36)22-39-20-23-3-4-23)40(37,38)29-11-9-27(10-12-29)34-14-1-2-15-34/h5-12,17,19,23H,1-4,13-16,18,20-22H2/t31-/m1/s1. The molecule has 0 N–H and O–H groups in total. The van der Waals surface area contributed by atoms with E-state index in [0.717, 1.165) is 42.3 Å². The van der Waals surface area contributed by atoms with Crippen LogP contribution in [-0.2, 0) is 21.2 Å². The fraction of sp³-hybridized carbons (Fsp3) is 0.452. The van der Waals surface area contributed by atoms with Crippen LogP contribution in [0.15, 0.2) is 65.2 Å². The van der Waals surface area contributed by atoms with Gasteiger partial charge in [-0.15, -0.1) is 0 Å². The van der Waals surface area contributed by atoms with E-state index in [1.165, 1.54) is 43.4 Å². The Kier molecular flexibility index (Phi) is 6.56. The van der Waals surface area contributed by atoms with Crippen molar-refractivity contribution in [2.45, 2.75) is 43.4 Å². The summed E-state index contributed by atoms with van der Waals surface area (Å²) in [6.07, 6.45) is 10.1. The lowest BCUT2D eigenvalue weighted by Crippen LogP contribution is -2.51. The average molecular weight is 563 g/mol. The highest BCUT2D eigenvalue weighted by atomic mass is 32.2. The summed E-state index contributed by atoms with van der Waals surface area (Å²) in [6.45, 7) is 4.05. The lowest BCUT2D eigenvalue weighted by molar-refractivity contribution is 0.0358. The summed E-state index contributed by atoms with van der Waals surface area (Å²) in [4.78, 5) is 2.66. The molecule has 2 aromatic carbocycles. The lowest BCUT2D eigenvalue weighted by Gasteiger charge is -2.46. The molecular formula is C31H35FN4O3S. The number of fused-ring (bicyclic) bond motifs is 2. The highest BCUT2D eigenvalue weighted by Crippen LogP contribution is 2.46. The number of benzene rings is 2. The van der Waals surface area contributed by atoms with Crippen molar-refractivity contribution >= 4 is 21.8 Å². The zero-order valence-electron chi connectivity index (χ0n) is 22.6. The Morgan fingerprint density at radius 1 is 0.975 bits per heavy atom. The van der Waals surface area contributed by atoms with Gasteiger partial charge in [-0.05, 0) is 105 Å². The van der Waals surface area contributed by atoms with E-state index >= 15 is 0 Å². The summed E-state index contributed by atoms with van der Waals surface area (Å²) in [5.41, 5.74) is 4.68. The molecule has 0 spiro atoms. The Hall–Kier alpha value is -3.01. The first-order valence-electron chi connectivity index (χ1n) is 14.4. The molecule has 7 rings (SSSR count). The van der Waals surface area contributed by atoms with E-state index in [4.69, 9.17) is 4.74 Å². The second-order valence-corrected chi connectivity index (χ2v) is 13.7. The van der Waals surface area contributed by atoms with Crippen molar-refractivity contribution < 1.29 is 17.5 Å². The van der Waals surface area contributed by atoms with Crippen molar-refractivity contribution in [1.29, 1.82) is 0 Å². The first-order chi connectivity index (χ1) is 19.4. The molecule has 210 valence electrons. The highest BCUT2D eigenvalue weighted by Gasteiger charge is 2.46. The van der Waals surface area contributed by atoms with Crippen molar-refractivity contribution in [2.24, 2.45) is 11.3 Å². The third-order valence-corrected chi connectivity index (χ3v) is 10.8. The van der Waals surface area contributed by atoms with Gasteiger partial charge >= 0.3 is 0 Å². The maximum Gasteiger partial charge on any atom is 0.243 e. The predicted molar refractivity (Wildman–Crippen MR) is 152 cm³/mol. The molecule has 1 saturated carbocycles.